The van der Waals surface area contributed by atoms with Gasteiger partial charge in [0.25, 0.3) is 0 Å². The molecule has 2 heterocycles. The second kappa shape index (κ2) is 6.36. The van der Waals surface area contributed by atoms with E-state index in [9.17, 15) is 12.8 Å². The molecule has 9 heteroatoms. The van der Waals surface area contributed by atoms with Crippen LogP contribution in [0.1, 0.15) is 5.82 Å². The van der Waals surface area contributed by atoms with Gasteiger partial charge >= 0.3 is 0 Å². The van der Waals surface area contributed by atoms with Crippen molar-refractivity contribution in [1.29, 1.82) is 0 Å². The van der Waals surface area contributed by atoms with Gasteiger partial charge in [0, 0.05) is 22.7 Å². The Labute approximate surface area is 147 Å². The van der Waals surface area contributed by atoms with Crippen molar-refractivity contribution in [3.8, 4) is 11.1 Å². The molecule has 0 radical (unpaired) electrons. The minimum Gasteiger partial charge on any atom is -0.360 e. The van der Waals surface area contributed by atoms with Gasteiger partial charge in [0.15, 0.2) is 5.82 Å². The third kappa shape index (κ3) is 3.09. The fourth-order valence-corrected chi connectivity index (χ4v) is 3.64. The van der Waals surface area contributed by atoms with Crippen LogP contribution in [0.4, 0.5) is 4.39 Å². The number of H-pyrrole nitrogens is 1. The van der Waals surface area contributed by atoms with Gasteiger partial charge in [0.1, 0.15) is 5.82 Å². The molecule has 4 aromatic rings. The largest absolute Gasteiger partial charge is 0.360 e. The molecule has 0 saturated carbocycles. The van der Waals surface area contributed by atoms with E-state index in [0.29, 0.717) is 5.52 Å². The van der Waals surface area contributed by atoms with Gasteiger partial charge in [-0.1, -0.05) is 17.3 Å². The Kier molecular flexibility index (Phi) is 4.02. The molecule has 0 aliphatic rings. The van der Waals surface area contributed by atoms with Crippen LogP contribution >= 0.6 is 0 Å². The molecule has 2 aromatic carbocycles. The average Bonchev–Trinajstić information content (AvgIpc) is 3.29. The highest BCUT2D eigenvalue weighted by molar-refractivity contribution is 7.89. The maximum atomic E-state index is 13.3. The molecule has 0 spiro atoms. The summed E-state index contributed by atoms with van der Waals surface area (Å²) >= 11 is 0. The molecule has 0 saturated heterocycles. The van der Waals surface area contributed by atoms with Crippen molar-refractivity contribution < 1.29 is 17.3 Å². The van der Waals surface area contributed by atoms with E-state index in [1.54, 1.807) is 24.4 Å². The van der Waals surface area contributed by atoms with E-state index in [4.69, 9.17) is 0 Å². The van der Waals surface area contributed by atoms with Gasteiger partial charge in [-0.2, -0.15) is 4.98 Å². The first kappa shape index (κ1) is 16.4. The maximum absolute atomic E-state index is 13.3. The van der Waals surface area contributed by atoms with Crippen molar-refractivity contribution in [2.24, 2.45) is 0 Å². The molecular weight excluding hydrogens is 359 g/mol. The van der Waals surface area contributed by atoms with Crippen LogP contribution < -0.4 is 4.72 Å². The number of aromatic amines is 1. The predicted molar refractivity (Wildman–Crippen MR) is 92.0 cm³/mol. The first-order valence-electron chi connectivity index (χ1n) is 7.65. The fraction of sp³-hybridized carbons (Fsp3) is 0.0588. The summed E-state index contributed by atoms with van der Waals surface area (Å²) < 4.78 is 44.9. The number of benzene rings is 2. The highest BCUT2D eigenvalue weighted by Gasteiger charge is 2.15. The standard InChI is InChI=1S/C17H13FN4O3S/c18-12-3-6-14-15(8-19-16(14)7-12)11-1-4-13(5-2-11)26(23,24)21-9-17-20-10-25-22-17/h1-8,10,19,21H,9H2. The highest BCUT2D eigenvalue weighted by Crippen LogP contribution is 2.29. The van der Waals surface area contributed by atoms with E-state index in [0.717, 1.165) is 22.9 Å². The smallest absolute Gasteiger partial charge is 0.240 e. The van der Waals surface area contributed by atoms with E-state index < -0.39 is 10.0 Å². The molecule has 2 aromatic heterocycles. The molecule has 0 amide bonds. The number of hydrogen-bond acceptors (Lipinski definition) is 5. The summed E-state index contributed by atoms with van der Waals surface area (Å²) in [5, 5.41) is 4.41. The summed E-state index contributed by atoms with van der Waals surface area (Å²) in [6.07, 6.45) is 2.90. The zero-order chi connectivity index (χ0) is 18.1. The molecule has 7 nitrogen and oxygen atoms in total. The second-order valence-electron chi connectivity index (χ2n) is 5.59. The summed E-state index contributed by atoms with van der Waals surface area (Å²) in [4.78, 5) is 6.90. The van der Waals surface area contributed by atoms with Crippen LogP contribution in [0, 0.1) is 5.82 Å². The number of hydrogen-bond donors (Lipinski definition) is 2. The SMILES string of the molecule is O=S(=O)(NCc1ncon1)c1ccc(-c2c[nH]c3cc(F)ccc23)cc1. The van der Waals surface area contributed by atoms with Crippen LogP contribution in [-0.4, -0.2) is 23.5 Å². The Bertz CT molecular complexity index is 1150. The van der Waals surface area contributed by atoms with Crippen molar-refractivity contribution >= 4 is 20.9 Å². The third-order valence-corrected chi connectivity index (χ3v) is 5.36. The second-order valence-corrected chi connectivity index (χ2v) is 7.36. The van der Waals surface area contributed by atoms with Crippen molar-refractivity contribution in [3.63, 3.8) is 0 Å². The molecule has 0 bridgehead atoms. The molecular formula is C17H13FN4O3S. The lowest BCUT2D eigenvalue weighted by Gasteiger charge is -2.06. The van der Waals surface area contributed by atoms with E-state index in [2.05, 4.69) is 24.4 Å². The van der Waals surface area contributed by atoms with Gasteiger partial charge in [-0.15, -0.1) is 0 Å². The Morgan fingerprint density at radius 2 is 1.96 bits per heavy atom. The molecule has 4 rings (SSSR count). The Hall–Kier alpha value is -3.04. The van der Waals surface area contributed by atoms with E-state index in [-0.39, 0.29) is 23.1 Å². The van der Waals surface area contributed by atoms with Crippen LogP contribution in [-0.2, 0) is 16.6 Å². The zero-order valence-electron chi connectivity index (χ0n) is 13.3. The summed E-state index contributed by atoms with van der Waals surface area (Å²) in [5.74, 6) is -0.0729. The topological polar surface area (TPSA) is 101 Å². The van der Waals surface area contributed by atoms with Gasteiger partial charge in [0.2, 0.25) is 16.4 Å². The molecule has 26 heavy (non-hydrogen) atoms. The normalized spacial score (nSPS) is 11.9. The van der Waals surface area contributed by atoms with E-state index in [1.807, 2.05) is 0 Å². The molecule has 0 fully saturated rings. The Balaban J connectivity index is 1.59. The highest BCUT2D eigenvalue weighted by atomic mass is 32.2. The van der Waals surface area contributed by atoms with Gasteiger partial charge in [0.05, 0.1) is 11.4 Å². The number of halogens is 1. The Morgan fingerprint density at radius 3 is 2.69 bits per heavy atom. The van der Waals surface area contributed by atoms with Crippen LogP contribution in [0.25, 0.3) is 22.0 Å². The Morgan fingerprint density at radius 1 is 1.15 bits per heavy atom. The summed E-state index contributed by atoms with van der Waals surface area (Å²) in [7, 11) is -3.70. The lowest BCUT2D eigenvalue weighted by Crippen LogP contribution is -2.23. The van der Waals surface area contributed by atoms with E-state index >= 15 is 0 Å². The number of nitrogens with one attached hydrogen (secondary N) is 2. The molecule has 0 atom stereocenters. The van der Waals surface area contributed by atoms with Crippen LogP contribution in [0.5, 0.6) is 0 Å². The van der Waals surface area contributed by atoms with Crippen molar-refractivity contribution in [1.82, 2.24) is 19.8 Å². The molecule has 0 aliphatic heterocycles. The molecule has 132 valence electrons. The maximum Gasteiger partial charge on any atom is 0.240 e. The number of aromatic nitrogens is 3. The quantitative estimate of drug-likeness (QED) is 0.561. The number of fused-ring (bicyclic) bond motifs is 1. The first-order valence-corrected chi connectivity index (χ1v) is 9.13. The van der Waals surface area contributed by atoms with Gasteiger partial charge in [-0.05, 0) is 35.9 Å². The average molecular weight is 372 g/mol. The number of sulfonamides is 1. The number of nitrogens with zero attached hydrogens (tertiary/aromatic N) is 2. The zero-order valence-corrected chi connectivity index (χ0v) is 14.1. The summed E-state index contributed by atoms with van der Waals surface area (Å²) in [5.41, 5.74) is 2.36. The number of rotatable bonds is 5. The summed E-state index contributed by atoms with van der Waals surface area (Å²) in [6, 6.07) is 10.9. The minimum atomic E-state index is -3.70. The van der Waals surface area contributed by atoms with Gasteiger partial charge < -0.3 is 9.51 Å². The van der Waals surface area contributed by atoms with Crippen molar-refractivity contribution in [2.45, 2.75) is 11.4 Å². The lowest BCUT2D eigenvalue weighted by atomic mass is 10.1. The van der Waals surface area contributed by atoms with Crippen molar-refractivity contribution in [2.75, 3.05) is 0 Å². The molecule has 0 aliphatic carbocycles. The monoisotopic (exact) mass is 372 g/mol. The first-order chi connectivity index (χ1) is 12.5. The summed E-state index contributed by atoms with van der Waals surface area (Å²) in [6.45, 7) is -0.0609. The van der Waals surface area contributed by atoms with E-state index in [1.165, 1.54) is 24.3 Å². The lowest BCUT2D eigenvalue weighted by molar-refractivity contribution is 0.409. The third-order valence-electron chi connectivity index (χ3n) is 3.95. The molecule has 0 unspecified atom stereocenters. The van der Waals surface area contributed by atoms with Gasteiger partial charge in [-0.3, -0.25) is 0 Å². The fourth-order valence-electron chi connectivity index (χ4n) is 2.66. The van der Waals surface area contributed by atoms with Crippen molar-refractivity contribution in [3.05, 3.63) is 66.7 Å². The van der Waals surface area contributed by atoms with Crippen LogP contribution in [0.3, 0.4) is 0 Å². The van der Waals surface area contributed by atoms with Gasteiger partial charge in [-0.25, -0.2) is 17.5 Å². The predicted octanol–water partition coefficient (Wildman–Crippen LogP) is 2.84. The minimum absolute atomic E-state index is 0.0609. The molecule has 2 N–H and O–H groups in total. The van der Waals surface area contributed by atoms with Crippen LogP contribution in [0.15, 0.2) is 64.5 Å². The van der Waals surface area contributed by atoms with Crippen LogP contribution in [0.2, 0.25) is 0 Å².